The summed E-state index contributed by atoms with van der Waals surface area (Å²) in [6, 6.07) is 0. The molecule has 0 aliphatic carbocycles. The number of halogens is 3. The lowest BCUT2D eigenvalue weighted by molar-refractivity contribution is -0.128. The summed E-state index contributed by atoms with van der Waals surface area (Å²) in [6.07, 6.45) is -5.56. The Morgan fingerprint density at radius 2 is 1.93 bits per heavy atom. The van der Waals surface area contributed by atoms with Gasteiger partial charge in [0.1, 0.15) is 12.2 Å². The van der Waals surface area contributed by atoms with Gasteiger partial charge in [-0.25, -0.2) is 0 Å². The summed E-state index contributed by atoms with van der Waals surface area (Å²) in [5, 5.41) is 2.48. The lowest BCUT2D eigenvalue weighted by Gasteiger charge is -2.06. The second-order valence-electron chi connectivity index (χ2n) is 2.48. The molecule has 0 fully saturated rings. The van der Waals surface area contributed by atoms with Gasteiger partial charge in [0.05, 0.1) is 0 Å². The average Bonchev–Trinajstić information content (AvgIpc) is 1.99. The quantitative estimate of drug-likeness (QED) is 0.742. The Hall–Kier alpha value is -1.60. The van der Waals surface area contributed by atoms with E-state index in [1.807, 2.05) is 0 Å². The highest BCUT2D eigenvalue weighted by atomic mass is 19.4. The molecule has 78 valence electrons. The number of nitrogens with one attached hydrogen (secondary N) is 1. The van der Waals surface area contributed by atoms with Crippen molar-refractivity contribution in [2.24, 2.45) is 0 Å². The number of nitrogens with two attached hydrogens (primary N) is 1. The Balaban J connectivity index is 2.92. The molecule has 0 bridgehead atoms. The molecule has 0 saturated carbocycles. The van der Waals surface area contributed by atoms with E-state index < -0.39 is 18.4 Å². The smallest absolute Gasteiger partial charge is 0.368 e. The summed E-state index contributed by atoms with van der Waals surface area (Å²) < 4.78 is 35.8. The predicted octanol–water partition coefficient (Wildman–Crippen LogP) is 0.600. The molecule has 5 nitrogen and oxygen atoms in total. The Kier molecular flexibility index (Phi) is 2.73. The largest absolute Gasteiger partial charge is 0.396 e. The fourth-order valence-corrected chi connectivity index (χ4v) is 0.808. The van der Waals surface area contributed by atoms with Crippen LogP contribution in [0.4, 0.5) is 25.1 Å². The molecule has 8 heteroatoms. The van der Waals surface area contributed by atoms with Crippen molar-refractivity contribution in [2.75, 3.05) is 18.1 Å². The maximum atomic E-state index is 11.9. The number of hydrogen-bond acceptors (Lipinski definition) is 5. The van der Waals surface area contributed by atoms with E-state index in [1.165, 1.54) is 7.05 Å². The van der Waals surface area contributed by atoms with Crippen LogP contribution in [-0.4, -0.2) is 28.2 Å². The number of nitrogens with zero attached hydrogens (tertiary/aromatic N) is 3. The van der Waals surface area contributed by atoms with Gasteiger partial charge in [-0.15, -0.1) is 0 Å². The first-order chi connectivity index (χ1) is 6.40. The summed E-state index contributed by atoms with van der Waals surface area (Å²) >= 11 is 0. The number of alkyl halides is 3. The van der Waals surface area contributed by atoms with Crippen LogP contribution < -0.4 is 11.1 Å². The molecule has 0 radical (unpaired) electrons. The highest BCUT2D eigenvalue weighted by Gasteiger charge is 2.29. The molecule has 1 aromatic rings. The topological polar surface area (TPSA) is 76.7 Å². The van der Waals surface area contributed by atoms with Gasteiger partial charge in [0, 0.05) is 7.05 Å². The van der Waals surface area contributed by atoms with Crippen molar-refractivity contribution in [2.45, 2.75) is 12.6 Å². The molecule has 0 spiro atoms. The highest BCUT2D eigenvalue weighted by molar-refractivity contribution is 5.30. The van der Waals surface area contributed by atoms with Crippen molar-refractivity contribution in [1.82, 2.24) is 15.0 Å². The third-order valence-electron chi connectivity index (χ3n) is 1.28. The molecule has 0 aliphatic rings. The predicted molar refractivity (Wildman–Crippen MR) is 43.5 cm³/mol. The monoisotopic (exact) mass is 207 g/mol. The van der Waals surface area contributed by atoms with Gasteiger partial charge in [0.15, 0.2) is 0 Å². The number of aromatic nitrogens is 3. The first-order valence-corrected chi connectivity index (χ1v) is 3.65. The van der Waals surface area contributed by atoms with Gasteiger partial charge >= 0.3 is 6.18 Å². The van der Waals surface area contributed by atoms with Crippen molar-refractivity contribution in [3.8, 4) is 0 Å². The average molecular weight is 207 g/mol. The molecule has 0 unspecified atom stereocenters. The summed E-state index contributed by atoms with van der Waals surface area (Å²) in [4.78, 5) is 10.4. The van der Waals surface area contributed by atoms with Gasteiger partial charge < -0.3 is 11.1 Å². The zero-order valence-electron chi connectivity index (χ0n) is 7.26. The summed E-state index contributed by atoms with van der Waals surface area (Å²) in [5.41, 5.74) is 5.18. The van der Waals surface area contributed by atoms with Gasteiger partial charge in [0.2, 0.25) is 11.9 Å². The molecule has 14 heavy (non-hydrogen) atoms. The summed E-state index contributed by atoms with van der Waals surface area (Å²) in [5.74, 6) is -0.602. The number of rotatable bonds is 2. The van der Waals surface area contributed by atoms with Gasteiger partial charge in [0.25, 0.3) is 0 Å². The van der Waals surface area contributed by atoms with Crippen molar-refractivity contribution in [1.29, 1.82) is 0 Å². The lowest BCUT2D eigenvalue weighted by atomic mass is 10.4. The zero-order valence-corrected chi connectivity index (χ0v) is 7.26. The van der Waals surface area contributed by atoms with Crippen LogP contribution in [0.3, 0.4) is 0 Å². The molecule has 3 N–H and O–H groups in total. The molecule has 1 rings (SSSR count). The number of nitrogen functional groups attached to an aromatic ring is 1. The highest BCUT2D eigenvalue weighted by Crippen LogP contribution is 2.19. The number of anilines is 2. The van der Waals surface area contributed by atoms with E-state index in [0.29, 0.717) is 0 Å². The summed E-state index contributed by atoms with van der Waals surface area (Å²) in [7, 11) is 1.48. The molecule has 1 heterocycles. The zero-order chi connectivity index (χ0) is 10.8. The molecule has 0 aliphatic heterocycles. The Labute approximate surface area is 77.6 Å². The molecule has 0 amide bonds. The van der Waals surface area contributed by atoms with E-state index in [2.05, 4.69) is 20.3 Å². The lowest BCUT2D eigenvalue weighted by Crippen LogP contribution is -2.16. The Morgan fingerprint density at radius 1 is 1.29 bits per heavy atom. The fourth-order valence-electron chi connectivity index (χ4n) is 0.808. The van der Waals surface area contributed by atoms with Gasteiger partial charge in [-0.3, -0.25) is 0 Å². The number of hydrogen-bond donors (Lipinski definition) is 2. The van der Waals surface area contributed by atoms with Crippen LogP contribution >= 0.6 is 0 Å². The Morgan fingerprint density at radius 3 is 2.43 bits per heavy atom. The second kappa shape index (κ2) is 3.64. The van der Waals surface area contributed by atoms with Gasteiger partial charge in [-0.1, -0.05) is 0 Å². The molecule has 0 aromatic carbocycles. The standard InChI is InChI=1S/C6H8F3N5/c1-11-5-13-3(2-6(7,8)9)12-4(10)14-5/h2H2,1H3,(H3,10,11,12,13,14). The Bertz CT molecular complexity index is 324. The van der Waals surface area contributed by atoms with E-state index in [9.17, 15) is 13.2 Å². The van der Waals surface area contributed by atoms with E-state index in [1.54, 1.807) is 0 Å². The van der Waals surface area contributed by atoms with Crippen LogP contribution in [0.2, 0.25) is 0 Å². The van der Waals surface area contributed by atoms with Crippen molar-refractivity contribution in [3.05, 3.63) is 5.82 Å². The van der Waals surface area contributed by atoms with Crippen LogP contribution in [-0.2, 0) is 6.42 Å². The molecule has 0 saturated heterocycles. The molecular formula is C6H8F3N5. The minimum absolute atomic E-state index is 0.0248. The van der Waals surface area contributed by atoms with E-state index >= 15 is 0 Å². The van der Waals surface area contributed by atoms with Crippen molar-refractivity contribution in [3.63, 3.8) is 0 Å². The van der Waals surface area contributed by atoms with Crippen LogP contribution in [0.15, 0.2) is 0 Å². The van der Waals surface area contributed by atoms with Crippen LogP contribution in [0.25, 0.3) is 0 Å². The molecule has 1 aromatic heterocycles. The third-order valence-corrected chi connectivity index (χ3v) is 1.28. The van der Waals surface area contributed by atoms with Gasteiger partial charge in [-0.2, -0.15) is 28.1 Å². The SMILES string of the molecule is CNc1nc(N)nc(CC(F)(F)F)n1. The van der Waals surface area contributed by atoms with E-state index in [4.69, 9.17) is 5.73 Å². The second-order valence-corrected chi connectivity index (χ2v) is 2.48. The molecular weight excluding hydrogens is 199 g/mol. The van der Waals surface area contributed by atoms with Crippen molar-refractivity contribution < 1.29 is 13.2 Å². The fraction of sp³-hybridized carbons (Fsp3) is 0.500. The van der Waals surface area contributed by atoms with Gasteiger partial charge in [-0.05, 0) is 0 Å². The van der Waals surface area contributed by atoms with Crippen LogP contribution in [0.5, 0.6) is 0 Å². The maximum Gasteiger partial charge on any atom is 0.396 e. The van der Waals surface area contributed by atoms with Crippen LogP contribution in [0, 0.1) is 0 Å². The first kappa shape index (κ1) is 10.5. The van der Waals surface area contributed by atoms with Crippen molar-refractivity contribution >= 4 is 11.9 Å². The first-order valence-electron chi connectivity index (χ1n) is 3.65. The third kappa shape index (κ3) is 3.04. The normalized spacial score (nSPS) is 11.4. The summed E-state index contributed by atoms with van der Waals surface area (Å²) in [6.45, 7) is 0. The molecule has 0 atom stereocenters. The van der Waals surface area contributed by atoms with E-state index in [0.717, 1.165) is 0 Å². The van der Waals surface area contributed by atoms with Crippen LogP contribution in [0.1, 0.15) is 5.82 Å². The van der Waals surface area contributed by atoms with E-state index in [-0.39, 0.29) is 11.9 Å². The maximum absolute atomic E-state index is 11.9. The minimum atomic E-state index is -4.35. The minimum Gasteiger partial charge on any atom is -0.368 e.